The van der Waals surface area contributed by atoms with Crippen LogP contribution in [0.15, 0.2) is 78.9 Å². The number of hydrogen-bond donors (Lipinski definition) is 2. The number of hydrogen-bond acceptors (Lipinski definition) is 4. The molecule has 1 fully saturated rings. The van der Waals surface area contributed by atoms with Crippen LogP contribution in [0.1, 0.15) is 35.2 Å². The number of benzene rings is 3. The predicted octanol–water partition coefficient (Wildman–Crippen LogP) is 6.71. The van der Waals surface area contributed by atoms with Crippen molar-refractivity contribution in [3.05, 3.63) is 107 Å². The van der Waals surface area contributed by atoms with Gasteiger partial charge in [0.2, 0.25) is 0 Å². The zero-order valence-electron chi connectivity index (χ0n) is 21.3. The number of piperidine rings is 1. The first-order valence-electron chi connectivity index (χ1n) is 12.6. The third kappa shape index (κ3) is 7.89. The van der Waals surface area contributed by atoms with Crippen LogP contribution in [0.4, 0.5) is 17.6 Å². The molecule has 1 aliphatic rings. The minimum Gasteiger partial charge on any atom is -0.475 e. The van der Waals surface area contributed by atoms with Crippen LogP contribution in [0.2, 0.25) is 5.02 Å². The van der Waals surface area contributed by atoms with Gasteiger partial charge in [0.25, 0.3) is 0 Å². The lowest BCUT2D eigenvalue weighted by molar-refractivity contribution is -0.192. The fourth-order valence-electron chi connectivity index (χ4n) is 4.69. The predicted molar refractivity (Wildman–Crippen MR) is 144 cm³/mol. The molecule has 2 heterocycles. The lowest BCUT2D eigenvalue weighted by Gasteiger charge is -2.38. The van der Waals surface area contributed by atoms with E-state index in [0.717, 1.165) is 55.3 Å². The Labute approximate surface area is 233 Å². The Morgan fingerprint density at radius 2 is 1.65 bits per heavy atom. The summed E-state index contributed by atoms with van der Waals surface area (Å²) in [7, 11) is 0. The molecule has 1 saturated heterocycles. The number of carboxylic acids is 1. The lowest BCUT2D eigenvalue weighted by atomic mass is 9.80. The normalized spacial score (nSPS) is 17.6. The summed E-state index contributed by atoms with van der Waals surface area (Å²) in [6.07, 6.45) is -3.11. The van der Waals surface area contributed by atoms with E-state index in [2.05, 4.69) is 45.4 Å². The van der Waals surface area contributed by atoms with Gasteiger partial charge in [-0.25, -0.2) is 14.2 Å². The molecule has 0 bridgehead atoms. The van der Waals surface area contributed by atoms with E-state index in [0.29, 0.717) is 5.02 Å². The van der Waals surface area contributed by atoms with E-state index in [1.807, 2.05) is 36.4 Å². The van der Waals surface area contributed by atoms with Crippen molar-refractivity contribution in [3.8, 4) is 11.4 Å². The average Bonchev–Trinajstić information content (AvgIpc) is 3.43. The number of likely N-dealkylation sites (tertiary alicyclic amines) is 1. The Morgan fingerprint density at radius 1 is 1.00 bits per heavy atom. The van der Waals surface area contributed by atoms with Crippen molar-refractivity contribution in [1.29, 1.82) is 0 Å². The summed E-state index contributed by atoms with van der Waals surface area (Å²) in [5, 5.41) is 15.5. The molecule has 1 aromatic heterocycles. The van der Waals surface area contributed by atoms with Gasteiger partial charge >= 0.3 is 12.1 Å². The van der Waals surface area contributed by atoms with Gasteiger partial charge in [0.1, 0.15) is 5.82 Å². The maximum atomic E-state index is 13.6. The number of carboxylic acid groups (broad SMARTS) is 1. The number of aromatic amines is 1. The molecule has 1 aliphatic heterocycles. The van der Waals surface area contributed by atoms with Gasteiger partial charge in [-0.05, 0) is 66.9 Å². The summed E-state index contributed by atoms with van der Waals surface area (Å²) in [6.45, 7) is 2.88. The van der Waals surface area contributed by atoms with Gasteiger partial charge in [0, 0.05) is 35.5 Å². The van der Waals surface area contributed by atoms with Crippen LogP contribution in [0.3, 0.4) is 0 Å². The first-order valence-corrected chi connectivity index (χ1v) is 13.0. The molecule has 3 aromatic carbocycles. The molecule has 6 nitrogen and oxygen atoms in total. The summed E-state index contributed by atoms with van der Waals surface area (Å²) in [4.78, 5) is 16.2. The first kappa shape index (κ1) is 29.2. The van der Waals surface area contributed by atoms with Crippen LogP contribution in [0.5, 0.6) is 0 Å². The van der Waals surface area contributed by atoms with Gasteiger partial charge in [0.15, 0.2) is 11.6 Å². The molecule has 0 spiro atoms. The Balaban J connectivity index is 0.000000470. The maximum absolute atomic E-state index is 13.6. The number of alkyl halides is 3. The number of aliphatic carboxylic acids is 1. The lowest BCUT2D eigenvalue weighted by Crippen LogP contribution is -2.39. The molecular formula is C29H27ClF4N4O2. The molecule has 11 heteroatoms. The van der Waals surface area contributed by atoms with Gasteiger partial charge in [0.05, 0.1) is 0 Å². The van der Waals surface area contributed by atoms with Crippen LogP contribution in [-0.4, -0.2) is 57.0 Å². The Morgan fingerprint density at radius 3 is 2.27 bits per heavy atom. The molecule has 40 heavy (non-hydrogen) atoms. The number of nitrogens with one attached hydrogen (secondary N) is 1. The van der Waals surface area contributed by atoms with Crippen LogP contribution < -0.4 is 0 Å². The number of halogens is 5. The van der Waals surface area contributed by atoms with Gasteiger partial charge < -0.3 is 10.0 Å². The second kappa shape index (κ2) is 13.1. The molecule has 5 rings (SSSR count). The van der Waals surface area contributed by atoms with Gasteiger partial charge in [-0.2, -0.15) is 18.3 Å². The number of nitrogens with zero attached hydrogens (tertiary/aromatic N) is 3. The van der Waals surface area contributed by atoms with E-state index in [1.54, 1.807) is 12.1 Å². The smallest absolute Gasteiger partial charge is 0.475 e. The third-order valence-electron chi connectivity index (χ3n) is 6.75. The van der Waals surface area contributed by atoms with Gasteiger partial charge in [-0.15, -0.1) is 0 Å². The molecule has 0 radical (unpaired) electrons. The summed E-state index contributed by atoms with van der Waals surface area (Å²) in [6, 6.07) is 25.1. The van der Waals surface area contributed by atoms with Crippen molar-refractivity contribution < 1.29 is 27.5 Å². The van der Waals surface area contributed by atoms with E-state index in [1.165, 1.54) is 5.56 Å². The van der Waals surface area contributed by atoms with Gasteiger partial charge in [-0.1, -0.05) is 54.1 Å². The van der Waals surface area contributed by atoms with Crippen molar-refractivity contribution >= 4 is 17.6 Å². The third-order valence-corrected chi connectivity index (χ3v) is 7.00. The fourth-order valence-corrected chi connectivity index (χ4v) is 4.81. The van der Waals surface area contributed by atoms with E-state index in [9.17, 15) is 17.6 Å². The Kier molecular flexibility index (Phi) is 9.54. The highest BCUT2D eigenvalue weighted by atomic mass is 35.5. The van der Waals surface area contributed by atoms with E-state index < -0.39 is 12.1 Å². The van der Waals surface area contributed by atoms with Crippen molar-refractivity contribution in [2.75, 3.05) is 19.6 Å². The highest BCUT2D eigenvalue weighted by Crippen LogP contribution is 2.39. The van der Waals surface area contributed by atoms with E-state index in [4.69, 9.17) is 26.5 Å². The molecule has 0 unspecified atom stereocenters. The van der Waals surface area contributed by atoms with Gasteiger partial charge in [-0.3, -0.25) is 5.10 Å². The minimum atomic E-state index is -5.08. The quantitative estimate of drug-likeness (QED) is 0.250. The molecule has 4 aromatic rings. The molecule has 2 atom stereocenters. The standard InChI is InChI=1S/C27H26ClFN4.C2HF3O2/c28-22-10-6-21(7-11-22)26-30-27(32-31-26)24-15-17-33(16-14-19-4-2-1-3-5-19)18-25(24)20-8-12-23(29)13-9-20;3-2(4,5)1(6)7/h1-13,24-25H,14-18H2,(H,30,31,32);(H,6,7)/t24-,25+;/m1./s1. The van der Waals surface area contributed by atoms with Crippen molar-refractivity contribution in [2.24, 2.45) is 0 Å². The van der Waals surface area contributed by atoms with Crippen molar-refractivity contribution in [2.45, 2.75) is 30.9 Å². The summed E-state index contributed by atoms with van der Waals surface area (Å²) >= 11 is 6.02. The SMILES string of the molecule is Fc1ccc([C@@H]2CN(CCc3ccccc3)CC[C@H]2c2n[nH]c(-c3ccc(Cl)cc3)n2)cc1.O=C(O)C(F)(F)F. The summed E-state index contributed by atoms with van der Waals surface area (Å²) in [5.41, 5.74) is 3.43. The van der Waals surface area contributed by atoms with Crippen molar-refractivity contribution in [3.63, 3.8) is 0 Å². The molecule has 210 valence electrons. The molecule has 0 saturated carbocycles. The topological polar surface area (TPSA) is 82.1 Å². The summed E-state index contributed by atoms with van der Waals surface area (Å²) < 4.78 is 45.4. The van der Waals surface area contributed by atoms with E-state index in [-0.39, 0.29) is 17.7 Å². The second-order valence-electron chi connectivity index (χ2n) is 9.44. The monoisotopic (exact) mass is 574 g/mol. The fraction of sp³-hybridized carbons (Fsp3) is 0.276. The average molecular weight is 575 g/mol. The summed E-state index contributed by atoms with van der Waals surface area (Å²) in [5.74, 6) is -1.05. The Bertz CT molecular complexity index is 1380. The zero-order chi connectivity index (χ0) is 28.7. The maximum Gasteiger partial charge on any atom is 0.490 e. The molecule has 2 N–H and O–H groups in total. The highest BCUT2D eigenvalue weighted by molar-refractivity contribution is 6.30. The number of aromatic nitrogens is 3. The van der Waals surface area contributed by atoms with Crippen molar-refractivity contribution in [1.82, 2.24) is 20.1 Å². The highest BCUT2D eigenvalue weighted by Gasteiger charge is 2.38. The molecule has 0 aliphatic carbocycles. The second-order valence-corrected chi connectivity index (χ2v) is 9.88. The number of H-pyrrole nitrogens is 1. The van der Waals surface area contributed by atoms with Crippen LogP contribution >= 0.6 is 11.6 Å². The van der Waals surface area contributed by atoms with Crippen LogP contribution in [-0.2, 0) is 11.2 Å². The zero-order valence-corrected chi connectivity index (χ0v) is 22.0. The Hall–Kier alpha value is -3.76. The van der Waals surface area contributed by atoms with Crippen LogP contribution in [0, 0.1) is 5.82 Å². The minimum absolute atomic E-state index is 0.167. The molecule has 0 amide bonds. The largest absolute Gasteiger partial charge is 0.490 e. The van der Waals surface area contributed by atoms with E-state index >= 15 is 0 Å². The van der Waals surface area contributed by atoms with Crippen LogP contribution in [0.25, 0.3) is 11.4 Å². The molecular weight excluding hydrogens is 548 g/mol. The number of carbonyl (C=O) groups is 1. The number of rotatable bonds is 6. The first-order chi connectivity index (χ1) is 19.1.